The van der Waals surface area contributed by atoms with E-state index in [1.165, 1.54) is 17.9 Å². The Morgan fingerprint density at radius 3 is 2.77 bits per heavy atom. The first kappa shape index (κ1) is 18.2. The number of rotatable bonds is 2. The van der Waals surface area contributed by atoms with Crippen LogP contribution in [0, 0.1) is 0 Å². The van der Waals surface area contributed by atoms with Gasteiger partial charge in [-0.15, -0.1) is 0 Å². The minimum atomic E-state index is -4.65. The summed E-state index contributed by atoms with van der Waals surface area (Å²) in [5, 5.41) is 1.98. The first-order valence-electron chi connectivity index (χ1n) is 7.55. The van der Waals surface area contributed by atoms with E-state index in [-0.39, 0.29) is 12.1 Å². The third kappa shape index (κ3) is 3.24. The van der Waals surface area contributed by atoms with Gasteiger partial charge in [0.05, 0.1) is 17.0 Å². The molecule has 2 heterocycles. The summed E-state index contributed by atoms with van der Waals surface area (Å²) >= 11 is 5.59. The van der Waals surface area contributed by atoms with E-state index in [0.717, 1.165) is 12.1 Å². The highest BCUT2D eigenvalue weighted by Gasteiger charge is 2.45. The van der Waals surface area contributed by atoms with E-state index in [4.69, 9.17) is 11.6 Å². The number of fused-ring (bicyclic) bond motifs is 1. The molecule has 26 heavy (non-hydrogen) atoms. The molecule has 2 aliphatic heterocycles. The third-order valence-electron chi connectivity index (χ3n) is 4.12. The Hall–Kier alpha value is -2.61. The van der Waals surface area contributed by atoms with Gasteiger partial charge < -0.3 is 10.2 Å². The molecule has 2 amide bonds. The first-order chi connectivity index (χ1) is 12.1. The predicted octanol–water partition coefficient (Wildman–Crippen LogP) is 3.77. The number of allylic oxidation sites excluding steroid dienone is 2. The molecule has 1 unspecified atom stereocenters. The SMILES string of the molecule is CC1(C(=O)Nc2ccc(Cl)c(C(F)(F)F)c2)CC(=O)N=C2C=CC=CN21. The van der Waals surface area contributed by atoms with Crippen molar-refractivity contribution in [2.45, 2.75) is 25.1 Å². The molecule has 1 aromatic rings. The van der Waals surface area contributed by atoms with E-state index in [2.05, 4.69) is 10.3 Å². The molecule has 1 N–H and O–H groups in total. The fourth-order valence-corrected chi connectivity index (χ4v) is 2.99. The topological polar surface area (TPSA) is 61.8 Å². The molecule has 0 fully saturated rings. The number of nitrogens with zero attached hydrogens (tertiary/aromatic N) is 2. The smallest absolute Gasteiger partial charge is 0.324 e. The number of anilines is 1. The summed E-state index contributed by atoms with van der Waals surface area (Å²) in [7, 11) is 0. The van der Waals surface area contributed by atoms with Crippen LogP contribution in [0.3, 0.4) is 0 Å². The number of nitrogens with one attached hydrogen (secondary N) is 1. The Bertz CT molecular complexity index is 876. The lowest BCUT2D eigenvalue weighted by Crippen LogP contribution is -2.58. The highest BCUT2D eigenvalue weighted by molar-refractivity contribution is 6.31. The maximum atomic E-state index is 13.0. The quantitative estimate of drug-likeness (QED) is 0.845. The van der Waals surface area contributed by atoms with E-state index >= 15 is 0 Å². The molecular formula is C17H13ClF3N3O2. The van der Waals surface area contributed by atoms with Gasteiger partial charge in [0.25, 0.3) is 11.8 Å². The Balaban J connectivity index is 1.91. The van der Waals surface area contributed by atoms with E-state index in [9.17, 15) is 22.8 Å². The number of amides is 2. The highest BCUT2D eigenvalue weighted by atomic mass is 35.5. The number of hydrogen-bond acceptors (Lipinski definition) is 3. The van der Waals surface area contributed by atoms with Crippen LogP contribution in [0.1, 0.15) is 18.9 Å². The highest BCUT2D eigenvalue weighted by Crippen LogP contribution is 2.37. The zero-order valence-corrected chi connectivity index (χ0v) is 14.2. The lowest BCUT2D eigenvalue weighted by atomic mass is 9.91. The Kier molecular flexibility index (Phi) is 4.39. The van der Waals surface area contributed by atoms with Crippen molar-refractivity contribution in [2.75, 3.05) is 5.32 Å². The standard InChI is InChI=1S/C17H13ClF3N3O2/c1-16(9-14(25)23-13-4-2-3-7-24(13)16)15(26)22-10-5-6-12(18)11(8-10)17(19,20)21/h2-8H,9H2,1H3,(H,22,26). The third-order valence-corrected chi connectivity index (χ3v) is 4.45. The summed E-state index contributed by atoms with van der Waals surface area (Å²) in [6.07, 6.45) is 1.65. The maximum Gasteiger partial charge on any atom is 0.417 e. The molecule has 9 heteroatoms. The zero-order valence-electron chi connectivity index (χ0n) is 13.5. The molecule has 0 radical (unpaired) electrons. The summed E-state index contributed by atoms with van der Waals surface area (Å²) in [4.78, 5) is 30.1. The number of halogens is 4. The van der Waals surface area contributed by atoms with E-state index in [1.807, 2.05) is 0 Å². The number of benzene rings is 1. The molecule has 2 aliphatic rings. The number of amidine groups is 1. The van der Waals surface area contributed by atoms with Crippen LogP contribution in [0.2, 0.25) is 5.02 Å². The van der Waals surface area contributed by atoms with Crippen LogP contribution in [-0.4, -0.2) is 28.1 Å². The van der Waals surface area contributed by atoms with Gasteiger partial charge >= 0.3 is 6.18 Å². The monoisotopic (exact) mass is 383 g/mol. The van der Waals surface area contributed by atoms with Crippen LogP contribution in [0.4, 0.5) is 18.9 Å². The fraction of sp³-hybridized carbons (Fsp3) is 0.235. The van der Waals surface area contributed by atoms with Crippen molar-refractivity contribution < 1.29 is 22.8 Å². The van der Waals surface area contributed by atoms with Crippen LogP contribution >= 0.6 is 11.6 Å². The second-order valence-electron chi connectivity index (χ2n) is 6.03. The number of carbonyl (C=O) groups excluding carboxylic acids is 2. The lowest BCUT2D eigenvalue weighted by molar-refractivity contribution is -0.137. The molecule has 3 rings (SSSR count). The van der Waals surface area contributed by atoms with Gasteiger partial charge in [-0.05, 0) is 37.3 Å². The Morgan fingerprint density at radius 1 is 1.35 bits per heavy atom. The van der Waals surface area contributed by atoms with Gasteiger partial charge in [0.15, 0.2) is 0 Å². The molecule has 1 aromatic carbocycles. The number of aliphatic imine (C=N–C) groups is 1. The molecule has 0 spiro atoms. The van der Waals surface area contributed by atoms with Gasteiger partial charge in [0, 0.05) is 11.9 Å². The average Bonchev–Trinajstić information content (AvgIpc) is 2.55. The maximum absolute atomic E-state index is 13.0. The second-order valence-corrected chi connectivity index (χ2v) is 6.44. The van der Waals surface area contributed by atoms with Gasteiger partial charge in [-0.3, -0.25) is 9.59 Å². The molecule has 136 valence electrons. The molecule has 0 bridgehead atoms. The van der Waals surface area contributed by atoms with Crippen LogP contribution in [0.5, 0.6) is 0 Å². The summed E-state index contributed by atoms with van der Waals surface area (Å²) in [5.41, 5.74) is -2.45. The largest absolute Gasteiger partial charge is 0.417 e. The summed E-state index contributed by atoms with van der Waals surface area (Å²) in [6.45, 7) is 1.53. The van der Waals surface area contributed by atoms with Gasteiger partial charge in [0.2, 0.25) is 0 Å². The summed E-state index contributed by atoms with van der Waals surface area (Å²) < 4.78 is 39.0. The van der Waals surface area contributed by atoms with Crippen molar-refractivity contribution in [2.24, 2.45) is 4.99 Å². The normalized spacial score (nSPS) is 22.1. The van der Waals surface area contributed by atoms with Gasteiger partial charge in [-0.1, -0.05) is 17.7 Å². The number of carbonyl (C=O) groups is 2. The summed E-state index contributed by atoms with van der Waals surface area (Å²) in [5.74, 6) is -0.817. The lowest BCUT2D eigenvalue weighted by Gasteiger charge is -2.41. The first-order valence-corrected chi connectivity index (χ1v) is 7.93. The Labute approximate surface area is 151 Å². The minimum absolute atomic E-state index is 0.0685. The van der Waals surface area contributed by atoms with Gasteiger partial charge in [0.1, 0.15) is 11.4 Å². The zero-order chi connectivity index (χ0) is 19.1. The second kappa shape index (κ2) is 6.28. The van der Waals surface area contributed by atoms with Gasteiger partial charge in [-0.2, -0.15) is 18.2 Å². The van der Waals surface area contributed by atoms with Crippen molar-refractivity contribution in [3.05, 3.63) is 53.2 Å². The van der Waals surface area contributed by atoms with E-state index in [0.29, 0.717) is 5.84 Å². The van der Waals surface area contributed by atoms with E-state index < -0.39 is 34.1 Å². The van der Waals surface area contributed by atoms with Crippen molar-refractivity contribution in [3.8, 4) is 0 Å². The Morgan fingerprint density at radius 2 is 2.08 bits per heavy atom. The van der Waals surface area contributed by atoms with E-state index in [1.54, 1.807) is 24.4 Å². The number of hydrogen-bond donors (Lipinski definition) is 1. The molecule has 0 aromatic heterocycles. The van der Waals surface area contributed by atoms with Gasteiger partial charge in [-0.25, -0.2) is 0 Å². The molecule has 0 aliphatic carbocycles. The average molecular weight is 384 g/mol. The molecular weight excluding hydrogens is 371 g/mol. The van der Waals surface area contributed by atoms with Crippen LogP contribution in [-0.2, 0) is 15.8 Å². The minimum Gasteiger partial charge on any atom is -0.324 e. The van der Waals surface area contributed by atoms with Crippen LogP contribution in [0.15, 0.2) is 47.6 Å². The predicted molar refractivity (Wildman–Crippen MR) is 90.7 cm³/mol. The number of alkyl halides is 3. The molecule has 1 atom stereocenters. The molecule has 0 saturated heterocycles. The molecule has 0 saturated carbocycles. The van der Waals surface area contributed by atoms with Crippen molar-refractivity contribution in [1.29, 1.82) is 0 Å². The summed E-state index contributed by atoms with van der Waals surface area (Å²) in [6, 6.07) is 3.09. The van der Waals surface area contributed by atoms with Crippen molar-refractivity contribution in [1.82, 2.24) is 4.90 Å². The van der Waals surface area contributed by atoms with Crippen LogP contribution < -0.4 is 5.32 Å². The van der Waals surface area contributed by atoms with Crippen molar-refractivity contribution in [3.63, 3.8) is 0 Å². The van der Waals surface area contributed by atoms with Crippen molar-refractivity contribution >= 4 is 34.9 Å². The van der Waals surface area contributed by atoms with Crippen LogP contribution in [0.25, 0.3) is 0 Å². The fourth-order valence-electron chi connectivity index (χ4n) is 2.77. The molecule has 5 nitrogen and oxygen atoms in total.